The molecule has 0 bridgehead atoms. The number of thiazole rings is 1. The lowest BCUT2D eigenvalue weighted by molar-refractivity contribution is 0.140. The van der Waals surface area contributed by atoms with Crippen LogP contribution in [0.1, 0.15) is 49.8 Å². The highest BCUT2D eigenvalue weighted by Crippen LogP contribution is 2.40. The number of nitrogens with one attached hydrogen (secondary N) is 1. The Morgan fingerprint density at radius 3 is 2.31 bits per heavy atom. The molecule has 0 radical (unpaired) electrons. The molecular formula is C23H28ClF2IN5PS2. The summed E-state index contributed by atoms with van der Waals surface area (Å²) >= 11 is 11.5. The van der Waals surface area contributed by atoms with Gasteiger partial charge in [-0.2, -0.15) is 0 Å². The van der Waals surface area contributed by atoms with E-state index in [0.717, 1.165) is 31.7 Å². The number of rotatable bonds is 6. The van der Waals surface area contributed by atoms with E-state index >= 15 is 0 Å². The van der Waals surface area contributed by atoms with Gasteiger partial charge in [0.05, 0.1) is 28.5 Å². The minimum Gasteiger partial charge on any atom is -0.353 e. The fourth-order valence-corrected chi connectivity index (χ4v) is 6.75. The second-order valence-corrected chi connectivity index (χ2v) is 11.2. The number of aromatic nitrogens is 4. The molecule has 0 amide bonds. The Labute approximate surface area is 233 Å². The minimum atomic E-state index is -2.70. The van der Waals surface area contributed by atoms with Gasteiger partial charge in [0, 0.05) is 21.4 Å². The van der Waals surface area contributed by atoms with Gasteiger partial charge < -0.3 is 5.32 Å². The van der Waals surface area contributed by atoms with Crippen molar-refractivity contribution in [2.45, 2.75) is 52.9 Å². The van der Waals surface area contributed by atoms with E-state index in [0.29, 0.717) is 16.9 Å². The van der Waals surface area contributed by atoms with Gasteiger partial charge in [-0.05, 0) is 54.3 Å². The van der Waals surface area contributed by atoms with Crippen LogP contribution in [0.25, 0.3) is 22.4 Å². The molecule has 3 heterocycles. The number of thioether (sulfide) groups is 1. The lowest BCUT2D eigenvalue weighted by Crippen LogP contribution is -1.96. The van der Waals surface area contributed by atoms with Crippen LogP contribution in [0.15, 0.2) is 29.2 Å². The number of anilines is 2. The van der Waals surface area contributed by atoms with Crippen LogP contribution >= 0.6 is 63.1 Å². The molecule has 35 heavy (non-hydrogen) atoms. The molecule has 0 aliphatic carbocycles. The minimum absolute atomic E-state index is 0.0263. The first-order chi connectivity index (χ1) is 16.8. The molecule has 4 rings (SSSR count). The molecule has 4 aromatic rings. The molecule has 5 nitrogen and oxygen atoms in total. The van der Waals surface area contributed by atoms with Gasteiger partial charge in [0.2, 0.25) is 0 Å². The number of pyridine rings is 1. The first-order valence-corrected chi connectivity index (χ1v) is 17.4. The average molecular weight is 670 g/mol. The summed E-state index contributed by atoms with van der Waals surface area (Å²) in [6.07, 6.45) is -0.688. The maximum absolute atomic E-state index is 13.5. The molecule has 0 aliphatic rings. The number of imidazole rings is 1. The van der Waals surface area contributed by atoms with Crippen LogP contribution in [0, 0.1) is 13.8 Å². The largest absolute Gasteiger partial charge is 0.353 e. The molecule has 0 fully saturated rings. The third-order valence-electron chi connectivity index (χ3n) is 4.54. The highest BCUT2D eigenvalue weighted by molar-refractivity contribution is 14.2. The highest BCUT2D eigenvalue weighted by Gasteiger charge is 2.22. The van der Waals surface area contributed by atoms with Crippen molar-refractivity contribution in [1.82, 2.24) is 19.3 Å². The van der Waals surface area contributed by atoms with Crippen LogP contribution < -0.4 is 5.32 Å². The number of alkyl halides is 2. The topological polar surface area (TPSA) is 55.6 Å². The molecule has 190 valence electrons. The molecule has 1 N–H and O–H groups in total. The second kappa shape index (κ2) is 14.0. The molecule has 1 aromatic carbocycles. The Hall–Kier alpha value is -1.07. The number of hydrogen-bond acceptors (Lipinski definition) is 6. The Morgan fingerprint density at radius 2 is 1.77 bits per heavy atom. The van der Waals surface area contributed by atoms with Gasteiger partial charge in [-0.1, -0.05) is 45.4 Å². The number of benzene rings is 1. The first-order valence-electron chi connectivity index (χ1n) is 11.0. The van der Waals surface area contributed by atoms with E-state index in [2.05, 4.69) is 33.3 Å². The van der Waals surface area contributed by atoms with E-state index in [1.165, 1.54) is 4.34 Å². The second-order valence-electron chi connectivity index (χ2n) is 6.53. The van der Waals surface area contributed by atoms with Gasteiger partial charge in [0.1, 0.15) is 10.7 Å². The Morgan fingerprint density at radius 1 is 1.09 bits per heavy atom. The summed E-state index contributed by atoms with van der Waals surface area (Å²) in [5, 5.41) is 4.56. The molecule has 0 saturated carbocycles. The van der Waals surface area contributed by atoms with Crippen molar-refractivity contribution in [1.29, 1.82) is 0 Å². The maximum Gasteiger partial charge on any atom is 0.295 e. The molecule has 1 atom stereocenters. The maximum atomic E-state index is 13.5. The number of fused-ring (bicyclic) bond motifs is 1. The van der Waals surface area contributed by atoms with E-state index in [1.54, 1.807) is 29.2 Å². The van der Waals surface area contributed by atoms with Crippen molar-refractivity contribution >= 4 is 85.7 Å². The fraction of sp³-hybridized carbons (Fsp3) is 0.348. The normalized spacial score (nSPS) is 11.0. The third-order valence-corrected chi connectivity index (χ3v) is 8.45. The van der Waals surface area contributed by atoms with Gasteiger partial charge in [0.15, 0.2) is 11.5 Å². The number of halogens is 4. The summed E-state index contributed by atoms with van der Waals surface area (Å²) in [7, 11) is 0. The number of nitrogens with zero attached hydrogens (tertiary/aromatic N) is 4. The standard InChI is InChI=1S/C19H16ClF2IN5PS2.2C2H6/c1-8-15(24-9(2)31-8)10-4-5-11(13(6-10)30-3)25-12-7-14(20)26-18-16(12)27-19(17(21)22)28(18)29-23;2*1-2/h4-7,17,29H,1-3H3,(H,25,26);2*1-2H3. The van der Waals surface area contributed by atoms with Crippen LogP contribution in [-0.2, 0) is 0 Å². The lowest BCUT2D eigenvalue weighted by Gasteiger charge is -2.13. The van der Waals surface area contributed by atoms with Crippen molar-refractivity contribution in [3.8, 4) is 11.3 Å². The smallest absolute Gasteiger partial charge is 0.295 e. The van der Waals surface area contributed by atoms with Crippen molar-refractivity contribution in [3.05, 3.63) is 45.1 Å². The van der Waals surface area contributed by atoms with Gasteiger partial charge >= 0.3 is 0 Å². The van der Waals surface area contributed by atoms with Crippen LogP contribution in [0.3, 0.4) is 0 Å². The zero-order valence-corrected chi connectivity index (χ0v) is 26.1. The third kappa shape index (κ3) is 6.83. The molecule has 0 spiro atoms. The zero-order valence-electron chi connectivity index (χ0n) is 20.5. The predicted molar refractivity (Wildman–Crippen MR) is 160 cm³/mol. The quantitative estimate of drug-likeness (QED) is 0.0959. The molecule has 0 aliphatic heterocycles. The molecule has 12 heteroatoms. The number of aryl methyl sites for hydroxylation is 2. The van der Waals surface area contributed by atoms with E-state index in [-0.39, 0.29) is 17.4 Å². The van der Waals surface area contributed by atoms with Gasteiger partial charge in [-0.25, -0.2) is 23.7 Å². The summed E-state index contributed by atoms with van der Waals surface area (Å²) in [4.78, 5) is 15.2. The van der Waals surface area contributed by atoms with E-state index < -0.39 is 6.43 Å². The van der Waals surface area contributed by atoms with Crippen molar-refractivity contribution in [2.24, 2.45) is 0 Å². The Kier molecular flexibility index (Phi) is 12.1. The van der Waals surface area contributed by atoms with Gasteiger partial charge in [-0.3, -0.25) is 4.34 Å². The summed E-state index contributed by atoms with van der Waals surface area (Å²) in [5.41, 5.74) is 4.08. The molecule has 1 unspecified atom stereocenters. The van der Waals surface area contributed by atoms with E-state index in [1.807, 2.05) is 75.0 Å². The van der Waals surface area contributed by atoms with Crippen LogP contribution in [0.2, 0.25) is 5.15 Å². The first kappa shape index (κ1) is 30.2. The fourth-order valence-electron chi connectivity index (χ4n) is 3.24. The van der Waals surface area contributed by atoms with E-state index in [4.69, 9.17) is 11.6 Å². The van der Waals surface area contributed by atoms with Crippen LogP contribution in [-0.4, -0.2) is 25.5 Å². The summed E-state index contributed by atoms with van der Waals surface area (Å²) in [6.45, 7) is 12.1. The van der Waals surface area contributed by atoms with Crippen LogP contribution in [0.4, 0.5) is 20.2 Å². The van der Waals surface area contributed by atoms with Gasteiger partial charge in [0.25, 0.3) is 6.43 Å². The molecule has 0 saturated heterocycles. The summed E-state index contributed by atoms with van der Waals surface area (Å²) in [6, 6.07) is 7.64. The lowest BCUT2D eigenvalue weighted by atomic mass is 10.1. The zero-order chi connectivity index (χ0) is 26.3. The van der Waals surface area contributed by atoms with E-state index in [9.17, 15) is 8.78 Å². The van der Waals surface area contributed by atoms with Gasteiger partial charge in [-0.15, -0.1) is 23.1 Å². The number of hydrogen-bond donors (Lipinski definition) is 1. The molecular weight excluding hydrogens is 642 g/mol. The van der Waals surface area contributed by atoms with Crippen molar-refractivity contribution in [2.75, 3.05) is 11.6 Å². The van der Waals surface area contributed by atoms with Crippen molar-refractivity contribution in [3.63, 3.8) is 0 Å². The highest BCUT2D eigenvalue weighted by atomic mass is 127. The average Bonchev–Trinajstić information content (AvgIpc) is 3.40. The summed E-state index contributed by atoms with van der Waals surface area (Å²) < 4.78 is 28.4. The predicted octanol–water partition coefficient (Wildman–Crippen LogP) is 10.1. The van der Waals surface area contributed by atoms with Crippen molar-refractivity contribution < 1.29 is 8.78 Å². The SMILES string of the molecule is CC.CC.CSc1cc(-c2nc(C)sc2C)ccc1Nc1cc(Cl)nc2c1nc(C(F)F)n2PI. The Bertz CT molecular complexity index is 1280. The summed E-state index contributed by atoms with van der Waals surface area (Å²) in [5.74, 6) is -0.310. The van der Waals surface area contributed by atoms with Crippen LogP contribution in [0.5, 0.6) is 0 Å². The Balaban J connectivity index is 0.00000103. The monoisotopic (exact) mass is 669 g/mol. The molecule has 3 aromatic heterocycles.